The van der Waals surface area contributed by atoms with Gasteiger partial charge in [0, 0.05) is 37.9 Å². The molecule has 0 bridgehead atoms. The molecule has 0 fully saturated rings. The summed E-state index contributed by atoms with van der Waals surface area (Å²) < 4.78 is 0. The van der Waals surface area contributed by atoms with E-state index in [9.17, 15) is 4.79 Å². The van der Waals surface area contributed by atoms with Crippen molar-refractivity contribution in [3.05, 3.63) is 36.8 Å². The van der Waals surface area contributed by atoms with E-state index in [1.54, 1.807) is 4.90 Å². The molecule has 0 saturated carbocycles. The Morgan fingerprint density at radius 2 is 1.76 bits per heavy atom. The van der Waals surface area contributed by atoms with Crippen molar-refractivity contribution in [2.75, 3.05) is 25.5 Å². The van der Waals surface area contributed by atoms with Gasteiger partial charge < -0.3 is 9.80 Å². The third kappa shape index (κ3) is 3.22. The van der Waals surface area contributed by atoms with Crippen LogP contribution in [0.4, 0.5) is 5.69 Å². The molecule has 0 aromatic heterocycles. The predicted octanol–water partition coefficient (Wildman–Crippen LogP) is 2.44. The highest BCUT2D eigenvalue weighted by molar-refractivity contribution is 5.94. The number of anilines is 1. The van der Waals surface area contributed by atoms with E-state index in [4.69, 9.17) is 0 Å². The normalized spacial score (nSPS) is 10.5. The largest absolute Gasteiger partial charge is 0.378 e. The Labute approximate surface area is 104 Å². The van der Waals surface area contributed by atoms with Crippen molar-refractivity contribution in [3.63, 3.8) is 0 Å². The number of carbonyl (C=O) groups excluding carboxylic acids is 1. The molecule has 1 rings (SSSR count). The molecular formula is C14H21N2O. The van der Waals surface area contributed by atoms with Crippen LogP contribution in [-0.4, -0.2) is 37.5 Å². The highest BCUT2D eigenvalue weighted by Crippen LogP contribution is 2.14. The van der Waals surface area contributed by atoms with Crippen LogP contribution in [0.2, 0.25) is 0 Å². The topological polar surface area (TPSA) is 23.6 Å². The summed E-state index contributed by atoms with van der Waals surface area (Å²) in [5.74, 6) is 0.0420. The van der Waals surface area contributed by atoms with Crippen molar-refractivity contribution in [2.45, 2.75) is 19.9 Å². The van der Waals surface area contributed by atoms with E-state index in [-0.39, 0.29) is 11.9 Å². The maximum atomic E-state index is 12.2. The molecule has 17 heavy (non-hydrogen) atoms. The van der Waals surface area contributed by atoms with Crippen LogP contribution in [0.1, 0.15) is 24.2 Å². The molecule has 0 atom stereocenters. The highest BCUT2D eigenvalue weighted by Gasteiger charge is 2.16. The molecule has 0 aliphatic carbocycles. The van der Waals surface area contributed by atoms with E-state index >= 15 is 0 Å². The Bertz CT molecular complexity index is 368. The van der Waals surface area contributed by atoms with Crippen molar-refractivity contribution < 1.29 is 4.79 Å². The SMILES string of the molecule is [CH2]CN(C(=O)c1ccc(N(C)C)cc1)C(C)C. The number of benzene rings is 1. The number of hydrogen-bond donors (Lipinski definition) is 0. The molecule has 93 valence electrons. The number of rotatable bonds is 4. The summed E-state index contributed by atoms with van der Waals surface area (Å²) in [7, 11) is 3.96. The minimum atomic E-state index is 0.0420. The molecule has 3 nitrogen and oxygen atoms in total. The first-order valence-electron chi connectivity index (χ1n) is 5.85. The van der Waals surface area contributed by atoms with Gasteiger partial charge in [0.2, 0.25) is 0 Å². The van der Waals surface area contributed by atoms with Crippen LogP contribution in [0.3, 0.4) is 0 Å². The van der Waals surface area contributed by atoms with Crippen molar-refractivity contribution in [2.24, 2.45) is 0 Å². The summed E-state index contributed by atoms with van der Waals surface area (Å²) in [5.41, 5.74) is 1.81. The van der Waals surface area contributed by atoms with Crippen LogP contribution in [-0.2, 0) is 0 Å². The minimum Gasteiger partial charge on any atom is -0.378 e. The van der Waals surface area contributed by atoms with Crippen LogP contribution < -0.4 is 4.90 Å². The number of amides is 1. The molecule has 1 aromatic rings. The molecule has 1 radical (unpaired) electrons. The molecular weight excluding hydrogens is 212 g/mol. The van der Waals surface area contributed by atoms with Gasteiger partial charge >= 0.3 is 0 Å². The Morgan fingerprint density at radius 1 is 1.24 bits per heavy atom. The van der Waals surface area contributed by atoms with Gasteiger partial charge in [0.25, 0.3) is 5.91 Å². The first-order chi connectivity index (χ1) is 7.97. The molecule has 0 N–H and O–H groups in total. The number of carbonyl (C=O) groups is 1. The monoisotopic (exact) mass is 233 g/mol. The molecule has 0 unspecified atom stereocenters. The van der Waals surface area contributed by atoms with Gasteiger partial charge in [0.05, 0.1) is 0 Å². The number of hydrogen-bond acceptors (Lipinski definition) is 2. The molecule has 0 aliphatic heterocycles. The Kier molecular flexibility index (Phi) is 4.55. The van der Waals surface area contributed by atoms with Crippen LogP contribution in [0.25, 0.3) is 0 Å². The first-order valence-corrected chi connectivity index (χ1v) is 5.85. The summed E-state index contributed by atoms with van der Waals surface area (Å²) in [6, 6.07) is 7.81. The van der Waals surface area contributed by atoms with E-state index in [2.05, 4.69) is 6.92 Å². The summed E-state index contributed by atoms with van der Waals surface area (Å²) in [6.45, 7) is 8.28. The maximum absolute atomic E-state index is 12.2. The summed E-state index contributed by atoms with van der Waals surface area (Å²) in [5, 5.41) is 0. The summed E-state index contributed by atoms with van der Waals surface area (Å²) in [4.78, 5) is 15.9. The minimum absolute atomic E-state index is 0.0420. The lowest BCUT2D eigenvalue weighted by Crippen LogP contribution is -2.36. The van der Waals surface area contributed by atoms with Crippen molar-refractivity contribution in [1.82, 2.24) is 4.90 Å². The predicted molar refractivity (Wildman–Crippen MR) is 72.3 cm³/mol. The summed E-state index contributed by atoms with van der Waals surface area (Å²) >= 11 is 0. The summed E-state index contributed by atoms with van der Waals surface area (Å²) in [6.07, 6.45) is 0. The zero-order chi connectivity index (χ0) is 13.0. The second kappa shape index (κ2) is 5.71. The van der Waals surface area contributed by atoms with Crippen molar-refractivity contribution >= 4 is 11.6 Å². The molecule has 0 saturated heterocycles. The third-order valence-electron chi connectivity index (χ3n) is 2.76. The van der Waals surface area contributed by atoms with Gasteiger partial charge in [-0.15, -0.1) is 0 Å². The third-order valence-corrected chi connectivity index (χ3v) is 2.76. The van der Waals surface area contributed by atoms with E-state index in [0.717, 1.165) is 5.69 Å². The van der Waals surface area contributed by atoms with Crippen molar-refractivity contribution in [3.8, 4) is 0 Å². The van der Waals surface area contributed by atoms with E-state index in [1.165, 1.54) is 0 Å². The molecule has 0 aliphatic rings. The molecule has 3 heteroatoms. The lowest BCUT2D eigenvalue weighted by Gasteiger charge is -2.25. The van der Waals surface area contributed by atoms with E-state index in [0.29, 0.717) is 12.1 Å². The van der Waals surface area contributed by atoms with Gasteiger partial charge in [0.15, 0.2) is 0 Å². The maximum Gasteiger partial charge on any atom is 0.254 e. The lowest BCUT2D eigenvalue weighted by molar-refractivity contribution is 0.0727. The van der Waals surface area contributed by atoms with Gasteiger partial charge in [-0.2, -0.15) is 0 Å². The Hall–Kier alpha value is -1.51. The van der Waals surface area contributed by atoms with Gasteiger partial charge in [-0.3, -0.25) is 4.79 Å². The van der Waals surface area contributed by atoms with Crippen molar-refractivity contribution in [1.29, 1.82) is 0 Å². The molecule has 0 heterocycles. The molecule has 0 spiro atoms. The molecule has 1 aromatic carbocycles. The zero-order valence-corrected chi connectivity index (χ0v) is 11.1. The van der Waals surface area contributed by atoms with Gasteiger partial charge in [-0.1, -0.05) is 0 Å². The standard InChI is InChI=1S/C14H21N2O/c1-6-16(11(2)3)14(17)12-7-9-13(10-8-12)15(4)5/h7-11H,1,6H2,2-5H3. The Morgan fingerprint density at radius 3 is 2.12 bits per heavy atom. The zero-order valence-electron chi connectivity index (χ0n) is 11.1. The smallest absolute Gasteiger partial charge is 0.254 e. The highest BCUT2D eigenvalue weighted by atomic mass is 16.2. The van der Waals surface area contributed by atoms with Crippen LogP contribution >= 0.6 is 0 Å². The van der Waals surface area contributed by atoms with Gasteiger partial charge in [0.1, 0.15) is 0 Å². The Balaban J connectivity index is 2.89. The second-order valence-corrected chi connectivity index (χ2v) is 4.53. The average molecular weight is 233 g/mol. The number of nitrogens with zero attached hydrogens (tertiary/aromatic N) is 2. The molecule has 1 amide bonds. The first kappa shape index (κ1) is 13.6. The quantitative estimate of drug-likeness (QED) is 0.797. The van der Waals surface area contributed by atoms with Crippen LogP contribution in [0.5, 0.6) is 0 Å². The fourth-order valence-corrected chi connectivity index (χ4v) is 1.66. The second-order valence-electron chi connectivity index (χ2n) is 4.53. The van der Waals surface area contributed by atoms with Gasteiger partial charge in [-0.25, -0.2) is 0 Å². The van der Waals surface area contributed by atoms with E-state index in [1.807, 2.05) is 57.1 Å². The fraction of sp³-hybridized carbons (Fsp3) is 0.429. The lowest BCUT2D eigenvalue weighted by atomic mass is 10.1. The van der Waals surface area contributed by atoms with Gasteiger partial charge in [-0.05, 0) is 45.0 Å². The fourth-order valence-electron chi connectivity index (χ4n) is 1.66. The van der Waals surface area contributed by atoms with Crippen LogP contribution in [0, 0.1) is 6.92 Å². The van der Waals surface area contributed by atoms with Crippen LogP contribution in [0.15, 0.2) is 24.3 Å². The average Bonchev–Trinajstić information content (AvgIpc) is 2.29. The van der Waals surface area contributed by atoms with E-state index < -0.39 is 0 Å².